The van der Waals surface area contributed by atoms with Gasteiger partial charge in [-0.3, -0.25) is 4.79 Å². The van der Waals surface area contributed by atoms with Gasteiger partial charge in [-0.25, -0.2) is 8.42 Å². The molecule has 1 N–H and O–H groups in total. The normalized spacial score (nSPS) is 21.3. The van der Waals surface area contributed by atoms with E-state index in [0.29, 0.717) is 5.92 Å². The van der Waals surface area contributed by atoms with Crippen molar-refractivity contribution in [1.29, 1.82) is 0 Å². The Balaban J connectivity index is 1.85. The fourth-order valence-electron chi connectivity index (χ4n) is 2.47. The molecule has 21 heavy (non-hydrogen) atoms. The number of amides is 1. The van der Waals surface area contributed by atoms with Gasteiger partial charge in [0.05, 0.1) is 5.75 Å². The molecule has 1 aromatic rings. The number of sulfone groups is 1. The summed E-state index contributed by atoms with van der Waals surface area (Å²) in [4.78, 5) is 11.9. The van der Waals surface area contributed by atoms with Crippen molar-refractivity contribution in [2.24, 2.45) is 5.92 Å². The monoisotopic (exact) mass is 309 g/mol. The second-order valence-corrected chi connectivity index (χ2v) is 8.45. The summed E-state index contributed by atoms with van der Waals surface area (Å²) < 4.78 is 22.0. The molecule has 2 atom stereocenters. The van der Waals surface area contributed by atoms with E-state index in [-0.39, 0.29) is 30.0 Å². The minimum absolute atomic E-state index is 0.000782. The second-order valence-electron chi connectivity index (χ2n) is 6.19. The van der Waals surface area contributed by atoms with Crippen LogP contribution in [0.15, 0.2) is 24.3 Å². The lowest BCUT2D eigenvalue weighted by Crippen LogP contribution is -2.30. The van der Waals surface area contributed by atoms with Crippen LogP contribution >= 0.6 is 0 Å². The molecule has 0 saturated heterocycles. The van der Waals surface area contributed by atoms with Gasteiger partial charge in [0.1, 0.15) is 9.84 Å². The van der Waals surface area contributed by atoms with E-state index in [0.717, 1.165) is 6.42 Å². The molecule has 5 heteroatoms. The number of carbonyl (C=O) groups is 1. The van der Waals surface area contributed by atoms with Crippen LogP contribution in [-0.4, -0.2) is 32.9 Å². The largest absolute Gasteiger partial charge is 0.355 e. The van der Waals surface area contributed by atoms with Crippen molar-refractivity contribution in [3.05, 3.63) is 35.4 Å². The molecule has 0 heterocycles. The fourth-order valence-corrected chi connectivity index (χ4v) is 2.94. The lowest BCUT2D eigenvalue weighted by atomic mass is 10.00. The lowest BCUT2D eigenvalue weighted by molar-refractivity contribution is -0.122. The van der Waals surface area contributed by atoms with Gasteiger partial charge in [0.2, 0.25) is 5.91 Å². The smallest absolute Gasteiger partial charge is 0.223 e. The van der Waals surface area contributed by atoms with Crippen LogP contribution in [0.25, 0.3) is 0 Å². The number of hydrogen-bond acceptors (Lipinski definition) is 3. The van der Waals surface area contributed by atoms with Crippen molar-refractivity contribution in [2.45, 2.75) is 32.1 Å². The minimum atomic E-state index is -3.02. The van der Waals surface area contributed by atoms with Gasteiger partial charge in [0, 0.05) is 18.7 Å². The SMILES string of the molecule is CC(C)c1ccc([C@H]2C[C@H]2C(=O)NCCS(C)(=O)=O)cc1. The molecule has 0 spiro atoms. The van der Waals surface area contributed by atoms with Crippen LogP contribution in [0.1, 0.15) is 43.2 Å². The first-order valence-electron chi connectivity index (χ1n) is 7.33. The summed E-state index contributed by atoms with van der Waals surface area (Å²) in [6.45, 7) is 4.52. The van der Waals surface area contributed by atoms with Crippen LogP contribution < -0.4 is 5.32 Å². The highest BCUT2D eigenvalue weighted by atomic mass is 32.2. The Labute approximate surface area is 126 Å². The topological polar surface area (TPSA) is 63.2 Å². The Hall–Kier alpha value is -1.36. The number of hydrogen-bond donors (Lipinski definition) is 1. The van der Waals surface area contributed by atoms with Gasteiger partial charge in [-0.05, 0) is 29.4 Å². The zero-order valence-electron chi connectivity index (χ0n) is 12.8. The Kier molecular flexibility index (Phi) is 4.71. The number of carbonyl (C=O) groups excluding carboxylic acids is 1. The third kappa shape index (κ3) is 4.56. The van der Waals surface area contributed by atoms with E-state index in [1.165, 1.54) is 17.4 Å². The summed E-state index contributed by atoms with van der Waals surface area (Å²) in [5.41, 5.74) is 2.50. The number of rotatable bonds is 6. The van der Waals surface area contributed by atoms with Crippen LogP contribution in [0.2, 0.25) is 0 Å². The van der Waals surface area contributed by atoms with E-state index in [1.807, 2.05) is 0 Å². The van der Waals surface area contributed by atoms with Crippen molar-refractivity contribution in [3.8, 4) is 0 Å². The first-order valence-corrected chi connectivity index (χ1v) is 9.39. The zero-order valence-corrected chi connectivity index (χ0v) is 13.6. The standard InChI is InChI=1S/C16H23NO3S/c1-11(2)12-4-6-13(7-5-12)14-10-15(14)16(18)17-8-9-21(3,19)20/h4-7,11,14-15H,8-10H2,1-3H3,(H,17,18)/t14-,15-/m1/s1. The third-order valence-electron chi connectivity index (χ3n) is 3.93. The molecule has 1 amide bonds. The summed E-state index contributed by atoms with van der Waals surface area (Å²) in [6, 6.07) is 8.45. The molecule has 1 aliphatic carbocycles. The van der Waals surface area contributed by atoms with Crippen molar-refractivity contribution >= 4 is 15.7 Å². The van der Waals surface area contributed by atoms with Gasteiger partial charge in [0.15, 0.2) is 0 Å². The van der Waals surface area contributed by atoms with Crippen LogP contribution in [0, 0.1) is 5.92 Å². The summed E-state index contributed by atoms with van der Waals surface area (Å²) in [7, 11) is -3.02. The van der Waals surface area contributed by atoms with E-state index in [4.69, 9.17) is 0 Å². The second kappa shape index (κ2) is 6.18. The first kappa shape index (κ1) is 16.0. The highest BCUT2D eigenvalue weighted by Crippen LogP contribution is 2.47. The van der Waals surface area contributed by atoms with Gasteiger partial charge in [-0.1, -0.05) is 38.1 Å². The molecule has 0 bridgehead atoms. The van der Waals surface area contributed by atoms with Crippen LogP contribution in [0.5, 0.6) is 0 Å². The molecule has 0 radical (unpaired) electrons. The zero-order chi connectivity index (χ0) is 15.6. The van der Waals surface area contributed by atoms with E-state index < -0.39 is 9.84 Å². The Morgan fingerprint density at radius 2 is 1.90 bits per heavy atom. The molecule has 1 fully saturated rings. The molecule has 116 valence electrons. The maximum absolute atomic E-state index is 11.9. The lowest BCUT2D eigenvalue weighted by Gasteiger charge is -2.07. The van der Waals surface area contributed by atoms with Crippen molar-refractivity contribution in [1.82, 2.24) is 5.32 Å². The quantitative estimate of drug-likeness (QED) is 0.875. The van der Waals surface area contributed by atoms with Crippen molar-refractivity contribution in [3.63, 3.8) is 0 Å². The molecule has 0 unspecified atom stereocenters. The van der Waals surface area contributed by atoms with Gasteiger partial charge in [-0.2, -0.15) is 0 Å². The van der Waals surface area contributed by atoms with Crippen LogP contribution in [-0.2, 0) is 14.6 Å². The molecule has 1 saturated carbocycles. The Morgan fingerprint density at radius 3 is 2.43 bits per heavy atom. The molecule has 2 rings (SSSR count). The summed E-state index contributed by atoms with van der Waals surface area (Å²) in [5, 5.41) is 2.71. The van der Waals surface area contributed by atoms with Crippen molar-refractivity contribution < 1.29 is 13.2 Å². The Bertz CT molecular complexity index is 605. The molecule has 1 aromatic carbocycles. The Morgan fingerprint density at radius 1 is 1.29 bits per heavy atom. The fraction of sp³-hybridized carbons (Fsp3) is 0.562. The van der Waals surface area contributed by atoms with E-state index in [9.17, 15) is 13.2 Å². The molecule has 0 aliphatic heterocycles. The molecule has 4 nitrogen and oxygen atoms in total. The first-order chi connectivity index (χ1) is 9.78. The van der Waals surface area contributed by atoms with E-state index in [2.05, 4.69) is 43.4 Å². The molecular formula is C16H23NO3S. The van der Waals surface area contributed by atoms with Gasteiger partial charge < -0.3 is 5.32 Å². The molecule has 1 aliphatic rings. The highest BCUT2D eigenvalue weighted by molar-refractivity contribution is 7.90. The van der Waals surface area contributed by atoms with Crippen LogP contribution in [0.3, 0.4) is 0 Å². The molecule has 0 aromatic heterocycles. The van der Waals surface area contributed by atoms with E-state index >= 15 is 0 Å². The number of benzene rings is 1. The maximum atomic E-state index is 11.9. The minimum Gasteiger partial charge on any atom is -0.355 e. The number of nitrogens with one attached hydrogen (secondary N) is 1. The molecular weight excluding hydrogens is 286 g/mol. The van der Waals surface area contributed by atoms with Gasteiger partial charge >= 0.3 is 0 Å². The summed E-state index contributed by atoms with van der Waals surface area (Å²) >= 11 is 0. The third-order valence-corrected chi connectivity index (χ3v) is 4.88. The summed E-state index contributed by atoms with van der Waals surface area (Å²) in [6.07, 6.45) is 2.03. The average Bonchev–Trinajstić information content (AvgIpc) is 3.17. The van der Waals surface area contributed by atoms with Crippen LogP contribution in [0.4, 0.5) is 0 Å². The van der Waals surface area contributed by atoms with Crippen molar-refractivity contribution in [2.75, 3.05) is 18.6 Å². The predicted molar refractivity (Wildman–Crippen MR) is 84.1 cm³/mol. The maximum Gasteiger partial charge on any atom is 0.223 e. The van der Waals surface area contributed by atoms with E-state index in [1.54, 1.807) is 0 Å². The van der Waals surface area contributed by atoms with Gasteiger partial charge in [0.25, 0.3) is 0 Å². The average molecular weight is 309 g/mol. The highest BCUT2D eigenvalue weighted by Gasteiger charge is 2.43. The van der Waals surface area contributed by atoms with Gasteiger partial charge in [-0.15, -0.1) is 0 Å². The summed E-state index contributed by atoms with van der Waals surface area (Å²) in [5.74, 6) is 0.753. The predicted octanol–water partition coefficient (Wildman–Crippen LogP) is 2.07.